The van der Waals surface area contributed by atoms with Crippen LogP contribution in [0.1, 0.15) is 45.3 Å². The summed E-state index contributed by atoms with van der Waals surface area (Å²) >= 11 is 0. The average molecular weight is 265 g/mol. The maximum atomic E-state index is 10.9. The Morgan fingerprint density at radius 1 is 1.47 bits per heavy atom. The first-order chi connectivity index (χ1) is 8.81. The molecule has 6 heteroatoms. The van der Waals surface area contributed by atoms with Crippen molar-refractivity contribution in [2.24, 2.45) is 5.41 Å². The van der Waals surface area contributed by atoms with Crippen molar-refractivity contribution >= 4 is 5.82 Å². The molecule has 0 bridgehead atoms. The summed E-state index contributed by atoms with van der Waals surface area (Å²) in [5, 5.41) is 15.1. The largest absolute Gasteiger partial charge is 0.390 e. The van der Waals surface area contributed by atoms with Gasteiger partial charge in [-0.15, -0.1) is 0 Å². The Morgan fingerprint density at radius 2 is 2.11 bits per heavy atom. The van der Waals surface area contributed by atoms with Gasteiger partial charge < -0.3 is 14.9 Å². The molecule has 19 heavy (non-hydrogen) atoms. The monoisotopic (exact) mass is 265 g/mol. The summed E-state index contributed by atoms with van der Waals surface area (Å²) < 4.78 is 7.14. The van der Waals surface area contributed by atoms with E-state index in [4.69, 9.17) is 4.74 Å². The van der Waals surface area contributed by atoms with E-state index >= 15 is 0 Å². The van der Waals surface area contributed by atoms with Crippen LogP contribution in [0.15, 0.2) is 6.07 Å². The van der Waals surface area contributed by atoms with Gasteiger partial charge >= 0.3 is 5.82 Å². The van der Waals surface area contributed by atoms with Crippen LogP contribution in [-0.4, -0.2) is 27.9 Å². The average Bonchev–Trinajstić information content (AvgIpc) is 2.57. The molecule has 1 saturated heterocycles. The molecule has 2 fully saturated rings. The van der Waals surface area contributed by atoms with Crippen LogP contribution >= 0.6 is 0 Å². The van der Waals surface area contributed by atoms with E-state index in [0.29, 0.717) is 5.41 Å². The zero-order valence-electron chi connectivity index (χ0n) is 11.5. The highest BCUT2D eigenvalue weighted by molar-refractivity contribution is 5.28. The Morgan fingerprint density at radius 3 is 2.53 bits per heavy atom. The zero-order valence-corrected chi connectivity index (χ0v) is 11.5. The van der Waals surface area contributed by atoms with Gasteiger partial charge in [0.1, 0.15) is 0 Å². The zero-order chi connectivity index (χ0) is 13.8. The molecule has 1 aromatic rings. The molecule has 0 N–H and O–H groups in total. The first-order valence-electron chi connectivity index (χ1n) is 6.63. The van der Waals surface area contributed by atoms with Gasteiger partial charge in [-0.05, 0) is 17.8 Å². The van der Waals surface area contributed by atoms with E-state index < -0.39 is 4.92 Å². The fourth-order valence-corrected chi connectivity index (χ4v) is 3.05. The van der Waals surface area contributed by atoms with Crippen LogP contribution in [0.5, 0.6) is 0 Å². The van der Waals surface area contributed by atoms with E-state index in [1.165, 1.54) is 0 Å². The molecule has 1 aliphatic carbocycles. The topological polar surface area (TPSA) is 70.2 Å². The van der Waals surface area contributed by atoms with Gasteiger partial charge in [-0.3, -0.25) is 0 Å². The van der Waals surface area contributed by atoms with Gasteiger partial charge in [0, 0.05) is 10.8 Å². The fraction of sp³-hybridized carbons (Fsp3) is 0.769. The maximum absolute atomic E-state index is 10.9. The SMILES string of the molecule is CC(C)(C)c1cc([N+](=O)[O-])nn1C1CC2(COC2)C1. The molecule has 1 aliphatic heterocycles. The van der Waals surface area contributed by atoms with Crippen LogP contribution in [0, 0.1) is 15.5 Å². The van der Waals surface area contributed by atoms with E-state index in [1.807, 2.05) is 4.68 Å². The third kappa shape index (κ3) is 1.94. The highest BCUT2D eigenvalue weighted by atomic mass is 16.6. The molecule has 1 aromatic heterocycles. The van der Waals surface area contributed by atoms with Gasteiger partial charge in [-0.1, -0.05) is 20.8 Å². The second kappa shape index (κ2) is 3.79. The first-order valence-corrected chi connectivity index (χ1v) is 6.63. The predicted octanol–water partition coefficient (Wildman–Crippen LogP) is 2.44. The second-order valence-electron chi connectivity index (χ2n) is 6.89. The highest BCUT2D eigenvalue weighted by Crippen LogP contribution is 2.53. The van der Waals surface area contributed by atoms with Crippen molar-refractivity contribution in [2.75, 3.05) is 13.2 Å². The Hall–Kier alpha value is -1.43. The summed E-state index contributed by atoms with van der Waals surface area (Å²) in [7, 11) is 0. The summed E-state index contributed by atoms with van der Waals surface area (Å²) in [5.74, 6) is -0.0456. The summed E-state index contributed by atoms with van der Waals surface area (Å²) in [6.07, 6.45) is 2.05. The molecule has 1 spiro atoms. The highest BCUT2D eigenvalue weighted by Gasteiger charge is 2.52. The van der Waals surface area contributed by atoms with Gasteiger partial charge in [0.2, 0.25) is 0 Å². The van der Waals surface area contributed by atoms with E-state index in [9.17, 15) is 10.1 Å². The molecule has 0 unspecified atom stereocenters. The summed E-state index contributed by atoms with van der Waals surface area (Å²) in [6, 6.07) is 1.90. The van der Waals surface area contributed by atoms with Crippen molar-refractivity contribution in [1.29, 1.82) is 0 Å². The minimum Gasteiger partial charge on any atom is -0.380 e. The van der Waals surface area contributed by atoms with Gasteiger partial charge in [-0.2, -0.15) is 4.68 Å². The van der Waals surface area contributed by atoms with E-state index in [2.05, 4.69) is 25.9 Å². The van der Waals surface area contributed by atoms with Gasteiger partial charge in [0.15, 0.2) is 0 Å². The van der Waals surface area contributed by atoms with Crippen LogP contribution in [0.25, 0.3) is 0 Å². The van der Waals surface area contributed by atoms with Crippen molar-refractivity contribution < 1.29 is 9.66 Å². The maximum Gasteiger partial charge on any atom is 0.390 e. The molecular weight excluding hydrogens is 246 g/mol. The smallest absolute Gasteiger partial charge is 0.380 e. The van der Waals surface area contributed by atoms with E-state index in [0.717, 1.165) is 31.7 Å². The Kier molecular flexibility index (Phi) is 2.51. The molecule has 0 radical (unpaired) electrons. The summed E-state index contributed by atoms with van der Waals surface area (Å²) in [6.45, 7) is 7.84. The van der Waals surface area contributed by atoms with Crippen LogP contribution in [0.4, 0.5) is 5.82 Å². The van der Waals surface area contributed by atoms with Crippen molar-refractivity contribution in [3.05, 3.63) is 21.9 Å². The Bertz CT molecular complexity index is 518. The molecular formula is C13H19N3O3. The molecule has 3 rings (SSSR count). The number of nitro groups is 1. The molecule has 0 aromatic carbocycles. The molecule has 6 nitrogen and oxygen atoms in total. The van der Waals surface area contributed by atoms with Crippen LogP contribution < -0.4 is 0 Å². The minimum atomic E-state index is -0.410. The van der Waals surface area contributed by atoms with Gasteiger partial charge in [0.25, 0.3) is 0 Å². The van der Waals surface area contributed by atoms with Crippen molar-refractivity contribution in [3.8, 4) is 0 Å². The number of nitrogens with zero attached hydrogens (tertiary/aromatic N) is 3. The van der Waals surface area contributed by atoms with Crippen molar-refractivity contribution in [1.82, 2.24) is 9.78 Å². The Balaban J connectivity index is 1.89. The van der Waals surface area contributed by atoms with Crippen molar-refractivity contribution in [2.45, 2.75) is 45.1 Å². The lowest BCUT2D eigenvalue weighted by Gasteiger charge is -2.52. The van der Waals surface area contributed by atoms with Crippen LogP contribution in [-0.2, 0) is 10.2 Å². The lowest BCUT2D eigenvalue weighted by Crippen LogP contribution is -2.53. The summed E-state index contributed by atoms with van der Waals surface area (Å²) in [5.41, 5.74) is 1.14. The number of hydrogen-bond acceptors (Lipinski definition) is 4. The predicted molar refractivity (Wildman–Crippen MR) is 69.1 cm³/mol. The molecule has 104 valence electrons. The third-order valence-corrected chi connectivity index (χ3v) is 4.18. The molecule has 0 amide bonds. The molecule has 1 saturated carbocycles. The fourth-order valence-electron chi connectivity index (χ4n) is 3.05. The normalized spacial score (nSPS) is 22.1. The molecule has 2 aliphatic rings. The van der Waals surface area contributed by atoms with E-state index in [-0.39, 0.29) is 17.3 Å². The third-order valence-electron chi connectivity index (χ3n) is 4.18. The summed E-state index contributed by atoms with van der Waals surface area (Å²) in [4.78, 5) is 10.5. The van der Waals surface area contributed by atoms with E-state index in [1.54, 1.807) is 6.07 Å². The lowest BCUT2D eigenvalue weighted by atomic mass is 9.64. The Labute approximate surface area is 111 Å². The van der Waals surface area contributed by atoms with Gasteiger partial charge in [-0.25, -0.2) is 0 Å². The number of hydrogen-bond donors (Lipinski definition) is 0. The number of ether oxygens (including phenoxy) is 1. The molecule has 0 atom stereocenters. The minimum absolute atomic E-state index is 0.0456. The first kappa shape index (κ1) is 12.6. The quantitative estimate of drug-likeness (QED) is 0.608. The van der Waals surface area contributed by atoms with Crippen LogP contribution in [0.3, 0.4) is 0 Å². The number of aromatic nitrogens is 2. The standard InChI is InChI=1S/C13H19N3O3/c1-12(2,3)10-4-11(16(17)18)14-15(10)9-5-13(6-9)7-19-8-13/h4,9H,5-8H2,1-3H3. The van der Waals surface area contributed by atoms with Crippen LogP contribution in [0.2, 0.25) is 0 Å². The van der Waals surface area contributed by atoms with Gasteiger partial charge in [0.05, 0.1) is 36.1 Å². The number of rotatable bonds is 2. The molecule has 2 heterocycles. The van der Waals surface area contributed by atoms with Crippen molar-refractivity contribution in [3.63, 3.8) is 0 Å². The second-order valence-corrected chi connectivity index (χ2v) is 6.89. The lowest BCUT2D eigenvalue weighted by molar-refractivity contribution is -0.390.